The van der Waals surface area contributed by atoms with E-state index in [-0.39, 0.29) is 24.3 Å². The third kappa shape index (κ3) is 6.13. The zero-order valence-electron chi connectivity index (χ0n) is 16.0. The second kappa shape index (κ2) is 9.76. The van der Waals surface area contributed by atoms with Gasteiger partial charge in [0, 0.05) is 12.4 Å². The molecule has 0 bridgehead atoms. The predicted octanol–water partition coefficient (Wildman–Crippen LogP) is 2.96. The van der Waals surface area contributed by atoms with Gasteiger partial charge in [-0.05, 0) is 43.5 Å². The van der Waals surface area contributed by atoms with Gasteiger partial charge in [0.05, 0.1) is 18.1 Å². The summed E-state index contributed by atoms with van der Waals surface area (Å²) in [6.07, 6.45) is 0.377. The van der Waals surface area contributed by atoms with Crippen molar-refractivity contribution in [3.8, 4) is 5.75 Å². The lowest BCUT2D eigenvalue weighted by Gasteiger charge is -2.23. The third-order valence-electron chi connectivity index (χ3n) is 4.27. The Morgan fingerprint density at radius 2 is 1.63 bits per heavy atom. The van der Waals surface area contributed by atoms with E-state index in [1.165, 1.54) is 0 Å². The number of carbonyl (C=O) groups is 2. The van der Waals surface area contributed by atoms with E-state index in [4.69, 9.17) is 4.74 Å². The van der Waals surface area contributed by atoms with Crippen LogP contribution in [0.3, 0.4) is 0 Å². The summed E-state index contributed by atoms with van der Waals surface area (Å²) in [6.45, 7) is 5.80. The van der Waals surface area contributed by atoms with Crippen LogP contribution >= 0.6 is 0 Å². The molecule has 0 radical (unpaired) electrons. The number of carbonyl (C=O) groups excluding carboxylic acids is 2. The Balaban J connectivity index is 2.18. The molecule has 144 valence electrons. The van der Waals surface area contributed by atoms with Crippen LogP contribution in [0.2, 0.25) is 0 Å². The van der Waals surface area contributed by atoms with Crippen molar-refractivity contribution in [1.82, 2.24) is 5.32 Å². The number of nitrogens with one attached hydrogen (secondary N) is 1. The molecule has 0 unspecified atom stereocenters. The van der Waals surface area contributed by atoms with Crippen molar-refractivity contribution in [2.75, 3.05) is 0 Å². The van der Waals surface area contributed by atoms with Crippen LogP contribution in [-0.4, -0.2) is 18.0 Å². The molecular formula is C22H26NO4-. The van der Waals surface area contributed by atoms with Crippen LogP contribution in [0.1, 0.15) is 56.7 Å². The lowest BCUT2D eigenvalue weighted by molar-refractivity contribution is -0.306. The standard InChI is InChI=1S/C22H27NO4/c1-4-19(16-8-6-5-7-9-16)22(26)23-20(14-21(24)25)17-10-12-18(13-11-17)27-15(2)3/h5-13,15,19-20H,4,14H2,1-3H3,(H,23,26)(H,24,25)/p-1/t19-,20-/m0/s1. The smallest absolute Gasteiger partial charge is 0.228 e. The Bertz CT molecular complexity index is 741. The van der Waals surface area contributed by atoms with E-state index in [1.54, 1.807) is 24.3 Å². The number of amides is 1. The maximum Gasteiger partial charge on any atom is 0.228 e. The molecule has 1 N–H and O–H groups in total. The zero-order chi connectivity index (χ0) is 19.8. The molecule has 0 spiro atoms. The number of hydrogen-bond donors (Lipinski definition) is 1. The summed E-state index contributed by atoms with van der Waals surface area (Å²) in [5.74, 6) is -1.05. The highest BCUT2D eigenvalue weighted by atomic mass is 16.5. The molecule has 27 heavy (non-hydrogen) atoms. The first-order valence-corrected chi connectivity index (χ1v) is 9.22. The van der Waals surface area contributed by atoms with Gasteiger partial charge in [-0.3, -0.25) is 4.79 Å². The Morgan fingerprint density at radius 3 is 2.15 bits per heavy atom. The first-order valence-electron chi connectivity index (χ1n) is 9.22. The van der Waals surface area contributed by atoms with Gasteiger partial charge in [0.25, 0.3) is 0 Å². The first kappa shape index (κ1) is 20.5. The van der Waals surface area contributed by atoms with E-state index >= 15 is 0 Å². The van der Waals surface area contributed by atoms with Gasteiger partial charge in [0.2, 0.25) is 5.91 Å². The fourth-order valence-electron chi connectivity index (χ4n) is 3.00. The molecule has 2 aromatic rings. The predicted molar refractivity (Wildman–Crippen MR) is 102 cm³/mol. The molecule has 2 aromatic carbocycles. The maximum atomic E-state index is 12.8. The van der Waals surface area contributed by atoms with Gasteiger partial charge >= 0.3 is 0 Å². The molecule has 2 rings (SSSR count). The minimum Gasteiger partial charge on any atom is -0.550 e. The van der Waals surface area contributed by atoms with Crippen LogP contribution in [0.4, 0.5) is 0 Å². The molecule has 0 heterocycles. The fourth-order valence-corrected chi connectivity index (χ4v) is 3.00. The number of aliphatic carboxylic acids is 1. The van der Waals surface area contributed by atoms with E-state index < -0.39 is 12.0 Å². The van der Waals surface area contributed by atoms with Crippen LogP contribution in [0.15, 0.2) is 54.6 Å². The summed E-state index contributed by atoms with van der Waals surface area (Å²) >= 11 is 0. The summed E-state index contributed by atoms with van der Waals surface area (Å²) in [5, 5.41) is 14.1. The second-order valence-corrected chi connectivity index (χ2v) is 6.74. The molecule has 2 atom stereocenters. The van der Waals surface area contributed by atoms with Gasteiger partial charge in [-0.25, -0.2) is 0 Å². The number of ether oxygens (including phenoxy) is 1. The quantitative estimate of drug-likeness (QED) is 0.738. The lowest BCUT2D eigenvalue weighted by Crippen LogP contribution is -2.36. The summed E-state index contributed by atoms with van der Waals surface area (Å²) in [7, 11) is 0. The highest BCUT2D eigenvalue weighted by molar-refractivity contribution is 5.84. The van der Waals surface area contributed by atoms with Crippen molar-refractivity contribution >= 4 is 11.9 Å². The van der Waals surface area contributed by atoms with Gasteiger partial charge < -0.3 is 20.0 Å². The first-order chi connectivity index (χ1) is 12.9. The highest BCUT2D eigenvalue weighted by Crippen LogP contribution is 2.24. The Kier molecular flexibility index (Phi) is 7.41. The van der Waals surface area contributed by atoms with Crippen molar-refractivity contribution in [3.63, 3.8) is 0 Å². The summed E-state index contributed by atoms with van der Waals surface area (Å²) in [5.41, 5.74) is 1.61. The van der Waals surface area contributed by atoms with Gasteiger partial charge in [-0.15, -0.1) is 0 Å². The van der Waals surface area contributed by atoms with E-state index in [1.807, 2.05) is 51.1 Å². The van der Waals surface area contributed by atoms with Gasteiger partial charge in [-0.2, -0.15) is 0 Å². The molecule has 0 aliphatic heterocycles. The molecule has 0 aliphatic rings. The third-order valence-corrected chi connectivity index (χ3v) is 4.27. The Labute approximate surface area is 160 Å². The molecule has 5 nitrogen and oxygen atoms in total. The lowest BCUT2D eigenvalue weighted by atomic mass is 9.94. The number of carboxylic acid groups (broad SMARTS) is 1. The highest BCUT2D eigenvalue weighted by Gasteiger charge is 2.22. The normalized spacial score (nSPS) is 13.0. The topological polar surface area (TPSA) is 78.5 Å². The average molecular weight is 368 g/mol. The average Bonchev–Trinajstić information content (AvgIpc) is 2.62. The monoisotopic (exact) mass is 368 g/mol. The van der Waals surface area contributed by atoms with Gasteiger partial charge in [0.1, 0.15) is 5.75 Å². The zero-order valence-corrected chi connectivity index (χ0v) is 16.0. The molecule has 0 saturated heterocycles. The molecular weight excluding hydrogens is 342 g/mol. The molecule has 1 amide bonds. The number of hydrogen-bond acceptors (Lipinski definition) is 4. The molecule has 0 aromatic heterocycles. The van der Waals surface area contributed by atoms with Crippen molar-refractivity contribution in [3.05, 3.63) is 65.7 Å². The SMILES string of the molecule is CC[C@H](C(=O)N[C@@H](CC(=O)[O-])c1ccc(OC(C)C)cc1)c1ccccc1. The summed E-state index contributed by atoms with van der Waals surface area (Å²) < 4.78 is 5.61. The minimum absolute atomic E-state index is 0.0470. The second-order valence-electron chi connectivity index (χ2n) is 6.74. The summed E-state index contributed by atoms with van der Waals surface area (Å²) in [4.78, 5) is 24.0. The van der Waals surface area contributed by atoms with E-state index in [9.17, 15) is 14.7 Å². The molecule has 0 fully saturated rings. The molecule has 0 aliphatic carbocycles. The molecule has 0 saturated carbocycles. The molecule has 5 heteroatoms. The van der Waals surface area contributed by atoms with Crippen LogP contribution in [-0.2, 0) is 9.59 Å². The van der Waals surface area contributed by atoms with Crippen LogP contribution in [0.5, 0.6) is 5.75 Å². The number of rotatable bonds is 9. The van der Waals surface area contributed by atoms with Gasteiger partial charge in [-0.1, -0.05) is 49.4 Å². The van der Waals surface area contributed by atoms with Crippen molar-refractivity contribution in [1.29, 1.82) is 0 Å². The number of benzene rings is 2. The maximum absolute atomic E-state index is 12.8. The van der Waals surface area contributed by atoms with Crippen molar-refractivity contribution in [2.45, 2.75) is 51.7 Å². The van der Waals surface area contributed by atoms with Crippen LogP contribution < -0.4 is 15.2 Å². The van der Waals surface area contributed by atoms with E-state index in [2.05, 4.69) is 5.32 Å². The number of carboxylic acids is 1. The largest absolute Gasteiger partial charge is 0.550 e. The van der Waals surface area contributed by atoms with E-state index in [0.717, 1.165) is 5.56 Å². The summed E-state index contributed by atoms with van der Waals surface area (Å²) in [6, 6.07) is 15.9. The Morgan fingerprint density at radius 1 is 1.00 bits per heavy atom. The van der Waals surface area contributed by atoms with E-state index in [0.29, 0.717) is 17.7 Å². The van der Waals surface area contributed by atoms with Crippen molar-refractivity contribution < 1.29 is 19.4 Å². The minimum atomic E-state index is -1.21. The van der Waals surface area contributed by atoms with Crippen molar-refractivity contribution in [2.24, 2.45) is 0 Å². The Hall–Kier alpha value is -2.82. The van der Waals surface area contributed by atoms with Gasteiger partial charge in [0.15, 0.2) is 0 Å². The van der Waals surface area contributed by atoms with Crippen LogP contribution in [0, 0.1) is 0 Å². The fraction of sp³-hybridized carbons (Fsp3) is 0.364. The van der Waals surface area contributed by atoms with Crippen LogP contribution in [0.25, 0.3) is 0 Å².